The lowest BCUT2D eigenvalue weighted by atomic mass is 10.0. The average molecular weight is 368 g/mol. The predicted octanol–water partition coefficient (Wildman–Crippen LogP) is 3.28. The molecule has 0 heterocycles. The monoisotopic (exact) mass is 367 g/mol. The average Bonchev–Trinajstić information content (AvgIpc) is 2.40. The molecule has 0 saturated heterocycles. The van der Waals surface area contributed by atoms with Gasteiger partial charge in [-0.05, 0) is 18.9 Å². The zero-order chi connectivity index (χ0) is 16.8. The SMILES string of the molecule is CCCS(=O)(=O)ON=C(c1ccccc1C)C(Cl)(Cl)COC. The first-order valence-corrected chi connectivity index (χ1v) is 8.99. The highest BCUT2D eigenvalue weighted by Crippen LogP contribution is 2.29. The molecular formula is C14H19Cl2NO4S. The lowest BCUT2D eigenvalue weighted by Gasteiger charge is -2.21. The van der Waals surface area contributed by atoms with Gasteiger partial charge >= 0.3 is 10.1 Å². The number of methoxy groups -OCH3 is 1. The third-order valence-electron chi connectivity index (χ3n) is 2.77. The van der Waals surface area contributed by atoms with Crippen molar-refractivity contribution in [2.24, 2.45) is 5.16 Å². The number of alkyl halides is 2. The summed E-state index contributed by atoms with van der Waals surface area (Å²) < 4.78 is 31.5. The fourth-order valence-electron chi connectivity index (χ4n) is 1.78. The van der Waals surface area contributed by atoms with Crippen LogP contribution in [0.3, 0.4) is 0 Å². The second-order valence-corrected chi connectivity index (χ2v) is 7.89. The molecule has 0 fully saturated rings. The van der Waals surface area contributed by atoms with Crippen molar-refractivity contribution in [2.45, 2.75) is 24.6 Å². The Morgan fingerprint density at radius 1 is 1.32 bits per heavy atom. The van der Waals surface area contributed by atoms with Crippen LogP contribution in [0.15, 0.2) is 29.4 Å². The highest BCUT2D eigenvalue weighted by Gasteiger charge is 2.34. The van der Waals surface area contributed by atoms with Gasteiger partial charge in [0.2, 0.25) is 0 Å². The summed E-state index contributed by atoms with van der Waals surface area (Å²) in [7, 11) is -2.33. The van der Waals surface area contributed by atoms with Crippen LogP contribution < -0.4 is 0 Å². The van der Waals surface area contributed by atoms with Gasteiger partial charge in [-0.25, -0.2) is 0 Å². The largest absolute Gasteiger partial charge is 0.381 e. The molecule has 0 unspecified atom stereocenters. The number of rotatable bonds is 8. The van der Waals surface area contributed by atoms with Crippen LogP contribution in [0.25, 0.3) is 0 Å². The van der Waals surface area contributed by atoms with E-state index in [1.165, 1.54) is 7.11 Å². The molecule has 0 aliphatic heterocycles. The van der Waals surface area contributed by atoms with E-state index in [0.29, 0.717) is 12.0 Å². The van der Waals surface area contributed by atoms with Crippen molar-refractivity contribution in [3.63, 3.8) is 0 Å². The zero-order valence-corrected chi connectivity index (χ0v) is 15.0. The van der Waals surface area contributed by atoms with Crippen LogP contribution in [0.1, 0.15) is 24.5 Å². The number of benzene rings is 1. The van der Waals surface area contributed by atoms with E-state index in [1.807, 2.05) is 19.1 Å². The molecule has 1 aromatic rings. The molecule has 0 aliphatic rings. The van der Waals surface area contributed by atoms with E-state index in [2.05, 4.69) is 5.16 Å². The molecular weight excluding hydrogens is 349 g/mol. The second kappa shape index (κ2) is 8.15. The minimum absolute atomic E-state index is 0.0690. The van der Waals surface area contributed by atoms with Gasteiger partial charge in [0.15, 0.2) is 4.33 Å². The van der Waals surface area contributed by atoms with Crippen LogP contribution in [0.5, 0.6) is 0 Å². The summed E-state index contributed by atoms with van der Waals surface area (Å²) in [5.74, 6) is -0.139. The number of halogens is 2. The molecule has 1 aromatic carbocycles. The molecule has 0 N–H and O–H groups in total. The van der Waals surface area contributed by atoms with Crippen LogP contribution in [0.2, 0.25) is 0 Å². The molecule has 1 rings (SSSR count). The van der Waals surface area contributed by atoms with E-state index in [4.69, 9.17) is 32.2 Å². The number of nitrogens with zero attached hydrogens (tertiary/aromatic N) is 1. The number of aryl methyl sites for hydroxylation is 1. The van der Waals surface area contributed by atoms with Crippen LogP contribution >= 0.6 is 23.2 Å². The molecule has 22 heavy (non-hydrogen) atoms. The van der Waals surface area contributed by atoms with E-state index < -0.39 is 14.5 Å². The fraction of sp³-hybridized carbons (Fsp3) is 0.500. The van der Waals surface area contributed by atoms with Crippen LogP contribution in [-0.4, -0.2) is 37.9 Å². The molecule has 124 valence electrons. The predicted molar refractivity (Wildman–Crippen MR) is 89.2 cm³/mol. The van der Waals surface area contributed by atoms with Crippen LogP contribution in [-0.2, 0) is 19.1 Å². The molecule has 0 aromatic heterocycles. The smallest absolute Gasteiger partial charge is 0.328 e. The van der Waals surface area contributed by atoms with Crippen LogP contribution in [0, 0.1) is 6.92 Å². The van der Waals surface area contributed by atoms with Gasteiger partial charge in [0.05, 0.1) is 12.4 Å². The van der Waals surface area contributed by atoms with Crippen molar-refractivity contribution >= 4 is 39.0 Å². The van der Waals surface area contributed by atoms with E-state index in [9.17, 15) is 8.42 Å². The Morgan fingerprint density at radius 3 is 2.50 bits per heavy atom. The van der Waals surface area contributed by atoms with E-state index in [0.717, 1.165) is 5.56 Å². The standard InChI is InChI=1S/C14H19Cl2NO4S/c1-4-9-22(18,19)21-17-13(14(15,16)10-20-3)12-8-6-5-7-11(12)2/h5-8H,4,9-10H2,1-3H3. The zero-order valence-electron chi connectivity index (χ0n) is 12.7. The Kier molecular flexibility index (Phi) is 7.12. The Labute approximate surface area is 141 Å². The second-order valence-electron chi connectivity index (χ2n) is 4.73. The van der Waals surface area contributed by atoms with E-state index in [1.54, 1.807) is 19.1 Å². The van der Waals surface area contributed by atoms with E-state index >= 15 is 0 Å². The van der Waals surface area contributed by atoms with E-state index in [-0.39, 0.29) is 18.1 Å². The molecule has 8 heteroatoms. The van der Waals surface area contributed by atoms with Gasteiger partial charge < -0.3 is 4.74 Å². The number of oxime groups is 1. The van der Waals surface area contributed by atoms with Crippen molar-refractivity contribution in [3.05, 3.63) is 35.4 Å². The maximum absolute atomic E-state index is 11.7. The highest BCUT2D eigenvalue weighted by atomic mass is 35.5. The minimum atomic E-state index is -3.77. The summed E-state index contributed by atoms with van der Waals surface area (Å²) >= 11 is 12.5. The van der Waals surface area contributed by atoms with Crippen molar-refractivity contribution in [1.82, 2.24) is 0 Å². The quantitative estimate of drug-likeness (QED) is 0.401. The first kappa shape index (κ1) is 19.2. The maximum atomic E-state index is 11.7. The molecule has 0 atom stereocenters. The summed E-state index contributed by atoms with van der Waals surface area (Å²) in [5, 5.41) is 3.72. The molecule has 5 nitrogen and oxygen atoms in total. The Balaban J connectivity index is 3.27. The lowest BCUT2D eigenvalue weighted by molar-refractivity contribution is 0.201. The fourth-order valence-corrected chi connectivity index (χ4v) is 3.04. The van der Waals surface area contributed by atoms with Gasteiger partial charge in [-0.15, -0.1) is 0 Å². The Bertz CT molecular complexity index is 629. The van der Waals surface area contributed by atoms with Crippen molar-refractivity contribution in [3.8, 4) is 0 Å². The molecule has 0 aliphatic carbocycles. The van der Waals surface area contributed by atoms with Gasteiger partial charge in [0, 0.05) is 12.7 Å². The van der Waals surface area contributed by atoms with Crippen LogP contribution in [0.4, 0.5) is 0 Å². The third-order valence-corrected chi connectivity index (χ3v) is 4.55. The Hall–Kier alpha value is -0.820. The van der Waals surface area contributed by atoms with Crippen molar-refractivity contribution in [1.29, 1.82) is 0 Å². The summed E-state index contributed by atoms with van der Waals surface area (Å²) in [6.07, 6.45) is 0.419. The number of hydrogen-bond acceptors (Lipinski definition) is 5. The van der Waals surface area contributed by atoms with Crippen molar-refractivity contribution < 1.29 is 17.4 Å². The maximum Gasteiger partial charge on any atom is 0.328 e. The first-order valence-electron chi connectivity index (χ1n) is 6.66. The van der Waals surface area contributed by atoms with Gasteiger partial charge in [0.25, 0.3) is 0 Å². The number of hydrogen-bond donors (Lipinski definition) is 0. The molecule has 0 bridgehead atoms. The topological polar surface area (TPSA) is 65.0 Å². The molecule has 0 saturated carbocycles. The van der Waals surface area contributed by atoms with Gasteiger partial charge in [-0.2, -0.15) is 8.42 Å². The molecule has 0 radical (unpaired) electrons. The van der Waals surface area contributed by atoms with Gasteiger partial charge in [0.1, 0.15) is 5.71 Å². The van der Waals surface area contributed by atoms with Crippen molar-refractivity contribution in [2.75, 3.05) is 19.5 Å². The lowest BCUT2D eigenvalue weighted by Crippen LogP contribution is -2.33. The molecule has 0 amide bonds. The molecule has 0 spiro atoms. The van der Waals surface area contributed by atoms with Gasteiger partial charge in [-0.3, -0.25) is 4.28 Å². The van der Waals surface area contributed by atoms with Gasteiger partial charge in [-0.1, -0.05) is 59.5 Å². The minimum Gasteiger partial charge on any atom is -0.381 e. The normalized spacial score (nSPS) is 13.2. The summed E-state index contributed by atoms with van der Waals surface area (Å²) in [6, 6.07) is 7.18. The summed E-state index contributed by atoms with van der Waals surface area (Å²) in [4.78, 5) is 0. The third kappa shape index (κ3) is 5.43. The number of ether oxygens (including phenoxy) is 1. The first-order chi connectivity index (χ1) is 10.2. The summed E-state index contributed by atoms with van der Waals surface area (Å²) in [6.45, 7) is 3.49. The highest BCUT2D eigenvalue weighted by molar-refractivity contribution is 7.86. The summed E-state index contributed by atoms with van der Waals surface area (Å²) in [5.41, 5.74) is 1.52. The Morgan fingerprint density at radius 2 is 1.95 bits per heavy atom.